The number of nitrogens with two attached hydrogens (primary N) is 1. The first kappa shape index (κ1) is 18.3. The maximum Gasteiger partial charge on any atom is 0.273 e. The number of hydrogen-bond donors (Lipinski definition) is 1. The van der Waals surface area contributed by atoms with Gasteiger partial charge in [0.1, 0.15) is 0 Å². The van der Waals surface area contributed by atoms with Crippen LogP contribution in [0, 0.1) is 5.92 Å². The molecule has 3 heterocycles. The summed E-state index contributed by atoms with van der Waals surface area (Å²) in [7, 11) is 0. The average Bonchev–Trinajstić information content (AvgIpc) is 3.39. The van der Waals surface area contributed by atoms with Crippen molar-refractivity contribution in [2.45, 2.75) is 32.2 Å². The van der Waals surface area contributed by atoms with Crippen LogP contribution in [0.3, 0.4) is 0 Å². The average molecular weight is 379 g/mol. The molecule has 1 amide bonds. The van der Waals surface area contributed by atoms with E-state index in [-0.39, 0.29) is 5.69 Å². The zero-order chi connectivity index (χ0) is 19.3. The molecule has 7 nitrogen and oxygen atoms in total. The van der Waals surface area contributed by atoms with Crippen molar-refractivity contribution in [3.05, 3.63) is 54.7 Å². The summed E-state index contributed by atoms with van der Waals surface area (Å²) < 4.78 is 8.09. The van der Waals surface area contributed by atoms with E-state index in [1.54, 1.807) is 0 Å². The Morgan fingerprint density at radius 3 is 2.68 bits per heavy atom. The van der Waals surface area contributed by atoms with Gasteiger partial charge in [0.25, 0.3) is 5.91 Å². The molecule has 146 valence electrons. The molecule has 1 saturated heterocycles. The first-order chi connectivity index (χ1) is 13.7. The first-order valence-corrected chi connectivity index (χ1v) is 9.77. The summed E-state index contributed by atoms with van der Waals surface area (Å²) in [5.41, 5.74) is 6.61. The molecule has 28 heavy (non-hydrogen) atoms. The molecule has 0 spiro atoms. The molecular weight excluding hydrogens is 354 g/mol. The maximum absolute atomic E-state index is 11.9. The Morgan fingerprint density at radius 1 is 1.21 bits per heavy atom. The lowest BCUT2D eigenvalue weighted by Crippen LogP contribution is -2.34. The fourth-order valence-electron chi connectivity index (χ4n) is 3.80. The van der Waals surface area contributed by atoms with Crippen LogP contribution in [0.1, 0.15) is 36.2 Å². The third-order valence-electron chi connectivity index (χ3n) is 5.35. The lowest BCUT2D eigenvalue weighted by Gasteiger charge is -2.32. The van der Waals surface area contributed by atoms with Crippen LogP contribution in [0.5, 0.6) is 0 Å². The van der Waals surface area contributed by atoms with Crippen LogP contribution in [0.15, 0.2) is 53.5 Å². The molecule has 4 rings (SSSR count). The van der Waals surface area contributed by atoms with Crippen LogP contribution in [-0.2, 0) is 6.54 Å². The molecule has 0 bridgehead atoms. The number of oxazole rings is 1. The summed E-state index contributed by atoms with van der Waals surface area (Å²) in [5, 5.41) is 0. The van der Waals surface area contributed by atoms with Gasteiger partial charge in [-0.1, -0.05) is 18.2 Å². The summed E-state index contributed by atoms with van der Waals surface area (Å²) in [6.07, 6.45) is 10.2. The van der Waals surface area contributed by atoms with Crippen molar-refractivity contribution in [3.63, 3.8) is 0 Å². The van der Waals surface area contributed by atoms with Gasteiger partial charge in [-0.15, -0.1) is 0 Å². The van der Waals surface area contributed by atoms with Gasteiger partial charge in [-0.25, -0.2) is 9.97 Å². The lowest BCUT2D eigenvalue weighted by molar-refractivity contribution is 0.0996. The van der Waals surface area contributed by atoms with E-state index in [1.807, 2.05) is 49.1 Å². The maximum atomic E-state index is 11.9. The minimum Gasteiger partial charge on any atom is -0.420 e. The number of primary amides is 1. The molecule has 0 radical (unpaired) electrons. The van der Waals surface area contributed by atoms with Crippen molar-refractivity contribution in [1.29, 1.82) is 0 Å². The van der Waals surface area contributed by atoms with Gasteiger partial charge < -0.3 is 19.6 Å². The molecule has 0 atom stereocenters. The quantitative estimate of drug-likeness (QED) is 0.680. The van der Waals surface area contributed by atoms with Gasteiger partial charge in [0.05, 0.1) is 6.33 Å². The van der Waals surface area contributed by atoms with Crippen LogP contribution in [0.4, 0.5) is 5.88 Å². The number of imidazole rings is 1. The Bertz CT molecular complexity index is 896. The van der Waals surface area contributed by atoms with Crippen molar-refractivity contribution in [1.82, 2.24) is 14.5 Å². The number of amides is 1. The Hall–Kier alpha value is -3.09. The van der Waals surface area contributed by atoms with Gasteiger partial charge in [0, 0.05) is 37.6 Å². The number of hydrogen-bond acceptors (Lipinski definition) is 5. The van der Waals surface area contributed by atoms with E-state index in [2.05, 4.69) is 19.4 Å². The molecule has 1 aliphatic rings. The molecule has 7 heteroatoms. The molecule has 3 aromatic rings. The normalized spacial score (nSPS) is 15.1. The lowest BCUT2D eigenvalue weighted by atomic mass is 9.92. The van der Waals surface area contributed by atoms with Crippen LogP contribution in [0.25, 0.3) is 11.5 Å². The Kier molecular flexibility index (Phi) is 5.41. The number of rotatable bonds is 7. The van der Waals surface area contributed by atoms with Crippen LogP contribution in [0.2, 0.25) is 0 Å². The Morgan fingerprint density at radius 2 is 2.00 bits per heavy atom. The monoisotopic (exact) mass is 379 g/mol. The van der Waals surface area contributed by atoms with E-state index in [0.29, 0.717) is 17.7 Å². The van der Waals surface area contributed by atoms with Crippen LogP contribution >= 0.6 is 0 Å². The second-order valence-electron chi connectivity index (χ2n) is 7.28. The number of carbonyl (C=O) groups excluding carboxylic acids is 1. The number of benzene rings is 1. The summed E-state index contributed by atoms with van der Waals surface area (Å²) in [6, 6.07) is 9.58. The van der Waals surface area contributed by atoms with E-state index >= 15 is 0 Å². The Labute approximate surface area is 164 Å². The second-order valence-corrected chi connectivity index (χ2v) is 7.28. The predicted octanol–water partition coefficient (Wildman–Crippen LogP) is 3.33. The van der Waals surface area contributed by atoms with Crippen molar-refractivity contribution >= 4 is 11.8 Å². The number of aromatic nitrogens is 3. The molecule has 0 aliphatic carbocycles. The fraction of sp³-hybridized carbons (Fsp3) is 0.381. The number of piperidine rings is 1. The minimum absolute atomic E-state index is 0.220. The number of nitrogens with zero attached hydrogens (tertiary/aromatic N) is 4. The van der Waals surface area contributed by atoms with Gasteiger partial charge in [-0.05, 0) is 43.7 Å². The van der Waals surface area contributed by atoms with E-state index in [9.17, 15) is 4.79 Å². The second kappa shape index (κ2) is 8.29. The largest absolute Gasteiger partial charge is 0.420 e. The Balaban J connectivity index is 1.38. The van der Waals surface area contributed by atoms with E-state index in [0.717, 1.165) is 44.5 Å². The molecular formula is C21H25N5O2. The standard InChI is InChI=1S/C21H25N5O2/c22-19(27)18-21(28-20(24-18)17-6-2-1-3-7-17)26-12-8-16(9-13-26)5-4-11-25-14-10-23-15-25/h1-3,6-7,10,14-16H,4-5,8-9,11-13H2,(H2,22,27). The summed E-state index contributed by atoms with van der Waals surface area (Å²) >= 11 is 0. The summed E-state index contributed by atoms with van der Waals surface area (Å²) in [6.45, 7) is 2.70. The molecule has 1 fully saturated rings. The van der Waals surface area contributed by atoms with E-state index in [1.165, 1.54) is 6.42 Å². The van der Waals surface area contributed by atoms with Gasteiger partial charge >= 0.3 is 0 Å². The first-order valence-electron chi connectivity index (χ1n) is 9.77. The SMILES string of the molecule is NC(=O)c1nc(-c2ccccc2)oc1N1CCC(CCCn2ccnc2)CC1. The van der Waals surface area contributed by atoms with E-state index in [4.69, 9.17) is 10.2 Å². The number of anilines is 1. The van der Waals surface area contributed by atoms with Crippen molar-refractivity contribution in [3.8, 4) is 11.5 Å². The summed E-state index contributed by atoms with van der Waals surface area (Å²) in [4.78, 5) is 22.4. The molecule has 1 aliphatic heterocycles. The van der Waals surface area contributed by atoms with Gasteiger partial charge in [-0.2, -0.15) is 0 Å². The minimum atomic E-state index is -0.552. The molecule has 2 aromatic heterocycles. The molecule has 1 aromatic carbocycles. The predicted molar refractivity (Wildman–Crippen MR) is 107 cm³/mol. The zero-order valence-corrected chi connectivity index (χ0v) is 15.8. The highest BCUT2D eigenvalue weighted by Crippen LogP contribution is 2.32. The summed E-state index contributed by atoms with van der Waals surface area (Å²) in [5.74, 6) is 1.08. The van der Waals surface area contributed by atoms with Crippen LogP contribution < -0.4 is 10.6 Å². The highest BCUT2D eigenvalue weighted by atomic mass is 16.4. The fourth-order valence-corrected chi connectivity index (χ4v) is 3.80. The molecule has 2 N–H and O–H groups in total. The molecule has 0 unspecified atom stereocenters. The zero-order valence-electron chi connectivity index (χ0n) is 15.8. The van der Waals surface area contributed by atoms with E-state index < -0.39 is 5.91 Å². The smallest absolute Gasteiger partial charge is 0.273 e. The highest BCUT2D eigenvalue weighted by molar-refractivity contribution is 5.96. The van der Waals surface area contributed by atoms with Gasteiger partial charge in [0.15, 0.2) is 5.69 Å². The van der Waals surface area contributed by atoms with Gasteiger partial charge in [-0.3, -0.25) is 4.79 Å². The third kappa shape index (κ3) is 4.08. The number of carbonyl (C=O) groups is 1. The highest BCUT2D eigenvalue weighted by Gasteiger charge is 2.27. The van der Waals surface area contributed by atoms with Crippen LogP contribution in [-0.4, -0.2) is 33.5 Å². The number of aryl methyl sites for hydroxylation is 1. The third-order valence-corrected chi connectivity index (χ3v) is 5.35. The topological polar surface area (TPSA) is 90.2 Å². The van der Waals surface area contributed by atoms with Gasteiger partial charge in [0.2, 0.25) is 11.8 Å². The van der Waals surface area contributed by atoms with Crippen molar-refractivity contribution in [2.24, 2.45) is 11.7 Å². The molecule has 0 saturated carbocycles. The van der Waals surface area contributed by atoms with Crippen molar-refractivity contribution in [2.75, 3.05) is 18.0 Å². The van der Waals surface area contributed by atoms with Crippen molar-refractivity contribution < 1.29 is 9.21 Å².